The monoisotopic (exact) mass is 441 g/mol. The van der Waals surface area contributed by atoms with E-state index in [0.717, 1.165) is 28.9 Å². The molecule has 4 rings (SSSR count). The Bertz CT molecular complexity index is 1030. The minimum atomic E-state index is -0.654. The Labute approximate surface area is 183 Å². The van der Waals surface area contributed by atoms with Gasteiger partial charge in [0.2, 0.25) is 0 Å². The van der Waals surface area contributed by atoms with Gasteiger partial charge in [-0.3, -0.25) is 24.5 Å². The van der Waals surface area contributed by atoms with Crippen LogP contribution in [0.2, 0.25) is 5.02 Å². The van der Waals surface area contributed by atoms with Crippen molar-refractivity contribution < 1.29 is 19.3 Å². The predicted molar refractivity (Wildman–Crippen MR) is 112 cm³/mol. The lowest BCUT2D eigenvalue weighted by molar-refractivity contribution is -0.384. The van der Waals surface area contributed by atoms with Crippen molar-refractivity contribution in [2.75, 3.05) is 0 Å². The number of nitrogens with zero attached hydrogens (tertiary/aromatic N) is 3. The van der Waals surface area contributed by atoms with Crippen LogP contribution < -0.4 is 0 Å². The first-order valence-electron chi connectivity index (χ1n) is 10.1. The van der Waals surface area contributed by atoms with Gasteiger partial charge >= 0.3 is 0 Å². The molecule has 1 aliphatic heterocycles. The predicted octanol–water partition coefficient (Wildman–Crippen LogP) is 3.98. The third-order valence-corrected chi connectivity index (χ3v) is 6.10. The topological polar surface area (TPSA) is 101 Å². The molecule has 1 heterocycles. The molecule has 0 N–H and O–H groups in total. The maximum Gasteiger partial charge on any atom is 0.273 e. The maximum atomic E-state index is 13.4. The van der Waals surface area contributed by atoms with E-state index in [1.807, 2.05) is 0 Å². The standard InChI is InChI=1S/C22H20ClN3O5/c23-16-10-8-14(9-11-16)13-24(20(27)15-4-3-5-17(12-15)26(30)31)25-21(28)18-6-1-2-7-19(18)22(25)29/h3-5,8-12,18-19H,1-2,6-7,13H2/t18-,19+. The van der Waals surface area contributed by atoms with Crippen LogP contribution in [0.25, 0.3) is 0 Å². The number of benzene rings is 2. The van der Waals surface area contributed by atoms with Crippen molar-refractivity contribution in [2.45, 2.75) is 32.2 Å². The van der Waals surface area contributed by atoms with E-state index in [1.54, 1.807) is 24.3 Å². The molecule has 0 aromatic heterocycles. The van der Waals surface area contributed by atoms with Gasteiger partial charge in [-0.25, -0.2) is 5.01 Å². The number of imide groups is 1. The molecule has 3 amide bonds. The van der Waals surface area contributed by atoms with E-state index in [2.05, 4.69) is 0 Å². The molecule has 8 nitrogen and oxygen atoms in total. The fourth-order valence-corrected chi connectivity index (χ4v) is 4.41. The van der Waals surface area contributed by atoms with E-state index >= 15 is 0 Å². The lowest BCUT2D eigenvalue weighted by Gasteiger charge is -2.30. The third kappa shape index (κ3) is 4.03. The number of carbonyl (C=O) groups excluding carboxylic acids is 3. The van der Waals surface area contributed by atoms with Crippen molar-refractivity contribution in [1.29, 1.82) is 0 Å². The number of hydrazine groups is 1. The van der Waals surface area contributed by atoms with E-state index < -0.39 is 22.7 Å². The molecule has 2 fully saturated rings. The van der Waals surface area contributed by atoms with Gasteiger partial charge in [0.15, 0.2) is 0 Å². The summed E-state index contributed by atoms with van der Waals surface area (Å²) in [4.78, 5) is 50.2. The summed E-state index contributed by atoms with van der Waals surface area (Å²) in [6.07, 6.45) is 2.96. The van der Waals surface area contributed by atoms with Gasteiger partial charge in [0.05, 0.1) is 23.3 Å². The number of hydrogen-bond acceptors (Lipinski definition) is 5. The summed E-state index contributed by atoms with van der Waals surface area (Å²) in [6, 6.07) is 12.0. The summed E-state index contributed by atoms with van der Waals surface area (Å²) in [6.45, 7) is -0.0460. The first-order valence-corrected chi connectivity index (χ1v) is 10.4. The molecule has 1 aliphatic carbocycles. The molecule has 0 bridgehead atoms. The molecule has 2 aromatic rings. The number of non-ortho nitro benzene ring substituents is 1. The first kappa shape index (κ1) is 21.0. The molecule has 2 aliphatic rings. The second-order valence-corrected chi connectivity index (χ2v) is 8.22. The van der Waals surface area contributed by atoms with Crippen molar-refractivity contribution in [3.63, 3.8) is 0 Å². The zero-order chi connectivity index (χ0) is 22.1. The second-order valence-electron chi connectivity index (χ2n) is 7.78. The number of nitro groups is 1. The molecular weight excluding hydrogens is 422 g/mol. The fourth-order valence-electron chi connectivity index (χ4n) is 4.28. The number of carbonyl (C=O) groups is 3. The van der Waals surface area contributed by atoms with Crippen LogP contribution in [0.1, 0.15) is 41.6 Å². The summed E-state index contributed by atoms with van der Waals surface area (Å²) < 4.78 is 0. The van der Waals surface area contributed by atoms with Gasteiger partial charge in [-0.2, -0.15) is 5.01 Å². The number of hydrogen-bond donors (Lipinski definition) is 0. The Morgan fingerprint density at radius 1 is 1.06 bits per heavy atom. The Balaban J connectivity index is 1.72. The zero-order valence-electron chi connectivity index (χ0n) is 16.6. The molecule has 0 spiro atoms. The number of rotatable bonds is 5. The normalized spacial score (nSPS) is 20.5. The van der Waals surface area contributed by atoms with E-state index in [9.17, 15) is 24.5 Å². The van der Waals surface area contributed by atoms with E-state index in [4.69, 9.17) is 11.6 Å². The number of fused-ring (bicyclic) bond motifs is 1. The Hall–Kier alpha value is -3.26. The van der Waals surface area contributed by atoms with Gasteiger partial charge in [-0.05, 0) is 36.6 Å². The highest BCUT2D eigenvalue weighted by molar-refractivity contribution is 6.30. The zero-order valence-corrected chi connectivity index (χ0v) is 17.3. The molecule has 0 radical (unpaired) electrons. The Kier molecular flexibility index (Phi) is 5.73. The van der Waals surface area contributed by atoms with Crippen LogP contribution >= 0.6 is 11.6 Å². The molecule has 0 unspecified atom stereocenters. The summed E-state index contributed by atoms with van der Waals surface area (Å²) in [5, 5.41) is 13.7. The average molecular weight is 442 g/mol. The Morgan fingerprint density at radius 3 is 2.26 bits per heavy atom. The lowest BCUT2D eigenvalue weighted by atomic mass is 9.81. The molecule has 1 saturated heterocycles. The van der Waals surface area contributed by atoms with Crippen molar-refractivity contribution in [3.05, 3.63) is 74.8 Å². The van der Waals surface area contributed by atoms with Crippen LogP contribution in [0.5, 0.6) is 0 Å². The highest BCUT2D eigenvalue weighted by Gasteiger charge is 2.51. The molecule has 2 aromatic carbocycles. The maximum absolute atomic E-state index is 13.4. The van der Waals surface area contributed by atoms with Crippen LogP contribution in [-0.2, 0) is 16.1 Å². The highest BCUT2D eigenvalue weighted by Crippen LogP contribution is 2.39. The lowest BCUT2D eigenvalue weighted by Crippen LogP contribution is -2.49. The summed E-state index contributed by atoms with van der Waals surface area (Å²) in [7, 11) is 0. The number of halogens is 1. The van der Waals surface area contributed by atoms with Gasteiger partial charge in [0, 0.05) is 22.7 Å². The van der Waals surface area contributed by atoms with Gasteiger partial charge in [-0.1, -0.05) is 42.6 Å². The molecule has 31 heavy (non-hydrogen) atoms. The van der Waals surface area contributed by atoms with Crippen LogP contribution in [0.4, 0.5) is 5.69 Å². The number of nitro benzene ring substituents is 1. The largest absolute Gasteiger partial charge is 0.273 e. The first-order chi connectivity index (χ1) is 14.9. The van der Waals surface area contributed by atoms with Gasteiger partial charge in [0.1, 0.15) is 0 Å². The summed E-state index contributed by atoms with van der Waals surface area (Å²) >= 11 is 5.95. The van der Waals surface area contributed by atoms with Crippen LogP contribution in [0.3, 0.4) is 0 Å². The van der Waals surface area contributed by atoms with Crippen molar-refractivity contribution >= 4 is 35.0 Å². The van der Waals surface area contributed by atoms with Crippen molar-refractivity contribution in [3.8, 4) is 0 Å². The molecular formula is C22H20ClN3O5. The van der Waals surface area contributed by atoms with E-state index in [1.165, 1.54) is 18.2 Å². The van der Waals surface area contributed by atoms with Crippen LogP contribution in [0.15, 0.2) is 48.5 Å². The molecule has 1 saturated carbocycles. The van der Waals surface area contributed by atoms with E-state index in [-0.39, 0.29) is 29.6 Å². The number of amides is 3. The van der Waals surface area contributed by atoms with Crippen molar-refractivity contribution in [1.82, 2.24) is 10.0 Å². The Morgan fingerprint density at radius 2 is 1.68 bits per heavy atom. The van der Waals surface area contributed by atoms with Crippen LogP contribution in [0, 0.1) is 22.0 Å². The smallest absolute Gasteiger partial charge is 0.272 e. The minimum absolute atomic E-state index is 0.0265. The van der Waals surface area contributed by atoms with Crippen LogP contribution in [-0.4, -0.2) is 32.7 Å². The third-order valence-electron chi connectivity index (χ3n) is 5.84. The quantitative estimate of drug-likeness (QED) is 0.397. The van der Waals surface area contributed by atoms with E-state index in [0.29, 0.717) is 23.4 Å². The average Bonchev–Trinajstić information content (AvgIpc) is 3.03. The summed E-state index contributed by atoms with van der Waals surface area (Å²) in [5.74, 6) is -2.28. The SMILES string of the molecule is O=C(c1cccc([N+](=O)[O-])c1)N(Cc1ccc(Cl)cc1)N1C(=O)[C@H]2CCCC[C@H]2C1=O. The summed E-state index contributed by atoms with van der Waals surface area (Å²) in [5.41, 5.74) is 0.447. The molecule has 160 valence electrons. The molecule has 9 heteroatoms. The van der Waals surface area contributed by atoms with Gasteiger partial charge in [-0.15, -0.1) is 0 Å². The second kappa shape index (κ2) is 8.47. The molecule has 2 atom stereocenters. The fraction of sp³-hybridized carbons (Fsp3) is 0.318. The highest BCUT2D eigenvalue weighted by atomic mass is 35.5. The van der Waals surface area contributed by atoms with Crippen molar-refractivity contribution in [2.24, 2.45) is 11.8 Å². The minimum Gasteiger partial charge on any atom is -0.272 e. The van der Waals surface area contributed by atoms with Gasteiger partial charge < -0.3 is 0 Å². The van der Waals surface area contributed by atoms with Gasteiger partial charge in [0.25, 0.3) is 23.4 Å².